The SMILES string of the molecule is CCNC(=O)Nc1cccc(F)c1C(=O)N1CCCCCC1. The molecule has 0 unspecified atom stereocenters. The Balaban J connectivity index is 2.24. The number of hydrogen-bond acceptors (Lipinski definition) is 2. The second kappa shape index (κ2) is 7.77. The van der Waals surface area contributed by atoms with Crippen LogP contribution in [0.2, 0.25) is 0 Å². The Morgan fingerprint density at radius 1 is 1.18 bits per heavy atom. The van der Waals surface area contributed by atoms with Gasteiger partial charge in [0.1, 0.15) is 5.82 Å². The fourth-order valence-corrected chi connectivity index (χ4v) is 2.60. The summed E-state index contributed by atoms with van der Waals surface area (Å²) in [7, 11) is 0. The van der Waals surface area contributed by atoms with Crippen molar-refractivity contribution in [3.8, 4) is 0 Å². The van der Waals surface area contributed by atoms with Gasteiger partial charge in [0.2, 0.25) is 0 Å². The van der Waals surface area contributed by atoms with Gasteiger partial charge in [-0.3, -0.25) is 4.79 Å². The number of urea groups is 1. The van der Waals surface area contributed by atoms with Crippen LogP contribution in [0.3, 0.4) is 0 Å². The molecule has 5 nitrogen and oxygen atoms in total. The van der Waals surface area contributed by atoms with Gasteiger partial charge in [0, 0.05) is 19.6 Å². The molecule has 1 saturated heterocycles. The van der Waals surface area contributed by atoms with Gasteiger partial charge in [-0.1, -0.05) is 18.9 Å². The van der Waals surface area contributed by atoms with Gasteiger partial charge in [0.15, 0.2) is 0 Å². The fourth-order valence-electron chi connectivity index (χ4n) is 2.60. The Bertz CT molecular complexity index is 540. The lowest BCUT2D eigenvalue weighted by Gasteiger charge is -2.22. The Hall–Kier alpha value is -2.11. The molecular formula is C16H22FN3O2. The van der Waals surface area contributed by atoms with Gasteiger partial charge >= 0.3 is 6.03 Å². The molecule has 1 aliphatic heterocycles. The molecule has 1 fully saturated rings. The molecule has 0 saturated carbocycles. The van der Waals surface area contributed by atoms with Gasteiger partial charge in [0.05, 0.1) is 11.3 Å². The predicted octanol–water partition coefficient (Wildman–Crippen LogP) is 2.98. The molecule has 1 aliphatic rings. The number of hydrogen-bond donors (Lipinski definition) is 2. The summed E-state index contributed by atoms with van der Waals surface area (Å²) >= 11 is 0. The van der Waals surface area contributed by atoms with Crippen LogP contribution in [0.15, 0.2) is 18.2 Å². The van der Waals surface area contributed by atoms with Crippen molar-refractivity contribution >= 4 is 17.6 Å². The van der Waals surface area contributed by atoms with Crippen LogP contribution < -0.4 is 10.6 Å². The molecule has 2 rings (SSSR count). The lowest BCUT2D eigenvalue weighted by molar-refractivity contribution is 0.0758. The van der Waals surface area contributed by atoms with Gasteiger partial charge in [-0.25, -0.2) is 9.18 Å². The lowest BCUT2D eigenvalue weighted by Crippen LogP contribution is -2.34. The van der Waals surface area contributed by atoms with Gasteiger partial charge in [-0.2, -0.15) is 0 Å². The minimum atomic E-state index is -0.608. The molecule has 0 atom stereocenters. The van der Waals surface area contributed by atoms with Crippen molar-refractivity contribution in [3.05, 3.63) is 29.6 Å². The van der Waals surface area contributed by atoms with Crippen LogP contribution in [0, 0.1) is 5.82 Å². The number of nitrogens with zero attached hydrogens (tertiary/aromatic N) is 1. The Morgan fingerprint density at radius 2 is 1.86 bits per heavy atom. The standard InChI is InChI=1S/C16H22FN3O2/c1-2-18-16(22)19-13-9-7-8-12(17)14(13)15(21)20-10-5-3-4-6-11-20/h7-9H,2-6,10-11H2,1H3,(H2,18,19,22). The van der Waals surface area contributed by atoms with Crippen LogP contribution in [0.1, 0.15) is 43.0 Å². The first-order valence-corrected chi connectivity index (χ1v) is 7.76. The van der Waals surface area contributed by atoms with Crippen molar-refractivity contribution in [2.24, 2.45) is 0 Å². The van der Waals surface area contributed by atoms with E-state index < -0.39 is 11.8 Å². The number of carbonyl (C=O) groups excluding carboxylic acids is 2. The van der Waals surface area contributed by atoms with Crippen LogP contribution in [0.4, 0.5) is 14.9 Å². The van der Waals surface area contributed by atoms with Crippen molar-refractivity contribution in [2.45, 2.75) is 32.6 Å². The zero-order valence-electron chi connectivity index (χ0n) is 12.8. The third-order valence-electron chi connectivity index (χ3n) is 3.71. The van der Waals surface area contributed by atoms with E-state index in [4.69, 9.17) is 0 Å². The lowest BCUT2D eigenvalue weighted by atomic mass is 10.1. The number of rotatable bonds is 3. The smallest absolute Gasteiger partial charge is 0.319 e. The van der Waals surface area contributed by atoms with Crippen LogP contribution in [0.5, 0.6) is 0 Å². The Morgan fingerprint density at radius 3 is 2.50 bits per heavy atom. The highest BCUT2D eigenvalue weighted by Crippen LogP contribution is 2.22. The second-order valence-corrected chi connectivity index (χ2v) is 5.35. The number of carbonyl (C=O) groups is 2. The zero-order valence-corrected chi connectivity index (χ0v) is 12.8. The van der Waals surface area contributed by atoms with E-state index in [1.807, 2.05) is 0 Å². The molecule has 3 amide bonds. The van der Waals surface area contributed by atoms with E-state index >= 15 is 0 Å². The summed E-state index contributed by atoms with van der Waals surface area (Å²) in [5.41, 5.74) is 0.149. The third-order valence-corrected chi connectivity index (χ3v) is 3.71. The summed E-state index contributed by atoms with van der Waals surface area (Å²) in [6, 6.07) is 3.82. The second-order valence-electron chi connectivity index (χ2n) is 5.35. The average molecular weight is 307 g/mol. The van der Waals surface area contributed by atoms with Crippen molar-refractivity contribution in [2.75, 3.05) is 25.0 Å². The molecule has 0 aromatic heterocycles. The van der Waals surface area contributed by atoms with E-state index in [1.165, 1.54) is 12.1 Å². The number of amides is 3. The Kier molecular flexibility index (Phi) is 5.75. The topological polar surface area (TPSA) is 61.4 Å². The van der Waals surface area contributed by atoms with E-state index in [-0.39, 0.29) is 17.2 Å². The largest absolute Gasteiger partial charge is 0.338 e. The molecule has 0 spiro atoms. The van der Waals surface area contributed by atoms with Crippen molar-refractivity contribution in [1.82, 2.24) is 10.2 Å². The molecule has 1 aromatic rings. The molecule has 2 N–H and O–H groups in total. The maximum absolute atomic E-state index is 14.2. The van der Waals surface area contributed by atoms with Crippen molar-refractivity contribution in [1.29, 1.82) is 0 Å². The number of anilines is 1. The highest BCUT2D eigenvalue weighted by Gasteiger charge is 2.24. The van der Waals surface area contributed by atoms with E-state index in [1.54, 1.807) is 17.9 Å². The molecule has 22 heavy (non-hydrogen) atoms. The monoisotopic (exact) mass is 307 g/mol. The summed E-state index contributed by atoms with van der Waals surface area (Å²) in [5, 5.41) is 5.12. The zero-order chi connectivity index (χ0) is 15.9. The van der Waals surface area contributed by atoms with Gasteiger partial charge in [-0.15, -0.1) is 0 Å². The highest BCUT2D eigenvalue weighted by molar-refractivity contribution is 6.03. The first-order valence-electron chi connectivity index (χ1n) is 7.76. The molecule has 1 aromatic carbocycles. The summed E-state index contributed by atoms with van der Waals surface area (Å²) in [6.45, 7) is 3.51. The summed E-state index contributed by atoms with van der Waals surface area (Å²) in [6.07, 6.45) is 4.04. The molecule has 0 radical (unpaired) electrons. The van der Waals surface area contributed by atoms with Crippen molar-refractivity contribution in [3.63, 3.8) is 0 Å². The first kappa shape index (κ1) is 16.3. The van der Waals surface area contributed by atoms with Crippen LogP contribution in [0.25, 0.3) is 0 Å². The summed E-state index contributed by atoms with van der Waals surface area (Å²) < 4.78 is 14.2. The maximum atomic E-state index is 14.2. The first-order chi connectivity index (χ1) is 10.6. The number of likely N-dealkylation sites (tertiary alicyclic amines) is 1. The minimum Gasteiger partial charge on any atom is -0.338 e. The number of benzene rings is 1. The highest BCUT2D eigenvalue weighted by atomic mass is 19.1. The summed E-state index contributed by atoms with van der Waals surface area (Å²) in [4.78, 5) is 26.0. The number of nitrogens with one attached hydrogen (secondary N) is 2. The molecule has 120 valence electrons. The maximum Gasteiger partial charge on any atom is 0.319 e. The van der Waals surface area contributed by atoms with E-state index in [0.29, 0.717) is 19.6 Å². The molecule has 1 heterocycles. The normalized spacial score (nSPS) is 15.1. The van der Waals surface area contributed by atoms with E-state index in [2.05, 4.69) is 10.6 Å². The van der Waals surface area contributed by atoms with Crippen LogP contribution in [-0.2, 0) is 0 Å². The molecule has 0 aliphatic carbocycles. The molecular weight excluding hydrogens is 285 g/mol. The number of halogens is 1. The van der Waals surface area contributed by atoms with E-state index in [9.17, 15) is 14.0 Å². The van der Waals surface area contributed by atoms with E-state index in [0.717, 1.165) is 25.7 Å². The van der Waals surface area contributed by atoms with Gasteiger partial charge in [-0.05, 0) is 31.9 Å². The van der Waals surface area contributed by atoms with Gasteiger partial charge < -0.3 is 15.5 Å². The third kappa shape index (κ3) is 3.96. The Labute approximate surface area is 129 Å². The summed E-state index contributed by atoms with van der Waals surface area (Å²) in [5.74, 6) is -0.963. The molecule has 6 heteroatoms. The fraction of sp³-hybridized carbons (Fsp3) is 0.500. The van der Waals surface area contributed by atoms with Crippen LogP contribution in [-0.4, -0.2) is 36.5 Å². The van der Waals surface area contributed by atoms with Gasteiger partial charge in [0.25, 0.3) is 5.91 Å². The van der Waals surface area contributed by atoms with Crippen molar-refractivity contribution < 1.29 is 14.0 Å². The minimum absolute atomic E-state index is 0.0596. The quantitative estimate of drug-likeness (QED) is 0.902. The predicted molar refractivity (Wildman–Crippen MR) is 83.5 cm³/mol. The van der Waals surface area contributed by atoms with Crippen LogP contribution >= 0.6 is 0 Å². The average Bonchev–Trinajstić information content (AvgIpc) is 2.76. The molecule has 0 bridgehead atoms.